The predicted octanol–water partition coefficient (Wildman–Crippen LogP) is 2.72. The van der Waals surface area contributed by atoms with Crippen LogP contribution in [0.15, 0.2) is 29.1 Å². The molecule has 5 heteroatoms. The molecule has 0 aliphatic heterocycles. The Labute approximate surface area is 116 Å². The Balaban J connectivity index is 2.32. The summed E-state index contributed by atoms with van der Waals surface area (Å²) in [5.41, 5.74) is 8.98. The average molecular weight is 277 g/mol. The smallest absolute Gasteiger partial charge is 0.139 e. The van der Waals surface area contributed by atoms with Gasteiger partial charge in [-0.3, -0.25) is 0 Å². The molecule has 0 fully saturated rings. The van der Waals surface area contributed by atoms with Crippen LogP contribution in [-0.2, 0) is 6.54 Å². The molecule has 94 valence electrons. The summed E-state index contributed by atoms with van der Waals surface area (Å²) in [6, 6.07) is 4.04. The Morgan fingerprint density at radius 2 is 2.28 bits per heavy atom. The van der Waals surface area contributed by atoms with Gasteiger partial charge in [0.1, 0.15) is 10.8 Å². The van der Waals surface area contributed by atoms with Crippen molar-refractivity contribution in [2.75, 3.05) is 11.9 Å². The Bertz CT molecular complexity index is 549. The zero-order chi connectivity index (χ0) is 13.1. The number of thiophene rings is 1. The lowest BCUT2D eigenvalue weighted by atomic mass is 10.1. The van der Waals surface area contributed by atoms with Gasteiger partial charge in [0.2, 0.25) is 0 Å². The molecule has 0 aliphatic rings. The summed E-state index contributed by atoms with van der Waals surface area (Å²) in [5, 5.41) is 4.20. The number of anilines is 1. The van der Waals surface area contributed by atoms with Crippen LogP contribution in [0.2, 0.25) is 0 Å². The van der Waals surface area contributed by atoms with Gasteiger partial charge in [-0.25, -0.2) is 4.98 Å². The summed E-state index contributed by atoms with van der Waals surface area (Å²) in [6.07, 6.45) is 1.79. The van der Waals surface area contributed by atoms with Gasteiger partial charge in [-0.2, -0.15) is 11.3 Å². The highest BCUT2D eigenvalue weighted by Gasteiger charge is 2.14. The van der Waals surface area contributed by atoms with Gasteiger partial charge in [0.15, 0.2) is 0 Å². The van der Waals surface area contributed by atoms with Crippen molar-refractivity contribution in [2.24, 2.45) is 5.73 Å². The lowest BCUT2D eigenvalue weighted by Crippen LogP contribution is -2.23. The van der Waals surface area contributed by atoms with Crippen molar-refractivity contribution in [3.63, 3.8) is 0 Å². The quantitative estimate of drug-likeness (QED) is 0.873. The average Bonchev–Trinajstić information content (AvgIpc) is 2.80. The summed E-state index contributed by atoms with van der Waals surface area (Å²) in [4.78, 5) is 6.87. The molecule has 2 aromatic rings. The van der Waals surface area contributed by atoms with E-state index in [1.165, 1.54) is 5.56 Å². The van der Waals surface area contributed by atoms with Crippen molar-refractivity contribution in [3.05, 3.63) is 45.8 Å². The molecule has 0 atom stereocenters. The van der Waals surface area contributed by atoms with Gasteiger partial charge in [-0.15, -0.1) is 0 Å². The number of nitrogens with zero attached hydrogens (tertiary/aromatic N) is 2. The Hall–Kier alpha value is -1.46. The number of hydrogen-bond acceptors (Lipinski definition) is 4. The Kier molecular flexibility index (Phi) is 3.93. The van der Waals surface area contributed by atoms with Crippen LogP contribution in [-0.4, -0.2) is 17.0 Å². The molecule has 2 N–H and O–H groups in total. The molecule has 0 spiro atoms. The number of thiocarbonyl (C=S) groups is 1. The van der Waals surface area contributed by atoms with E-state index in [9.17, 15) is 0 Å². The minimum atomic E-state index is 0.396. The Morgan fingerprint density at radius 3 is 2.89 bits per heavy atom. The summed E-state index contributed by atoms with van der Waals surface area (Å²) in [7, 11) is 2.00. The van der Waals surface area contributed by atoms with E-state index in [0.717, 1.165) is 23.5 Å². The van der Waals surface area contributed by atoms with Crippen molar-refractivity contribution >= 4 is 34.4 Å². The second kappa shape index (κ2) is 5.46. The van der Waals surface area contributed by atoms with E-state index in [-0.39, 0.29) is 0 Å². The zero-order valence-electron chi connectivity index (χ0n) is 10.4. The van der Waals surface area contributed by atoms with E-state index in [1.807, 2.05) is 20.0 Å². The fraction of sp³-hybridized carbons (Fsp3) is 0.231. The van der Waals surface area contributed by atoms with Crippen LogP contribution in [0.5, 0.6) is 0 Å². The minimum Gasteiger partial charge on any atom is -0.389 e. The Morgan fingerprint density at radius 1 is 1.50 bits per heavy atom. The van der Waals surface area contributed by atoms with Crippen LogP contribution in [0.1, 0.15) is 16.7 Å². The number of aromatic nitrogens is 1. The van der Waals surface area contributed by atoms with Gasteiger partial charge in [0.25, 0.3) is 0 Å². The third kappa shape index (κ3) is 2.68. The van der Waals surface area contributed by atoms with Crippen LogP contribution in [0, 0.1) is 6.92 Å². The third-order valence-corrected chi connectivity index (χ3v) is 3.68. The van der Waals surface area contributed by atoms with E-state index in [2.05, 4.69) is 26.7 Å². The maximum Gasteiger partial charge on any atom is 0.139 e. The van der Waals surface area contributed by atoms with E-state index in [1.54, 1.807) is 17.5 Å². The fourth-order valence-electron chi connectivity index (χ4n) is 1.87. The second-order valence-electron chi connectivity index (χ2n) is 4.18. The SMILES string of the molecule is Cc1ccnc(N(C)Cc2ccsc2)c1C(N)=S. The maximum atomic E-state index is 5.79. The van der Waals surface area contributed by atoms with Crippen molar-refractivity contribution in [3.8, 4) is 0 Å². The predicted molar refractivity (Wildman–Crippen MR) is 81.3 cm³/mol. The van der Waals surface area contributed by atoms with Gasteiger partial charge >= 0.3 is 0 Å². The second-order valence-corrected chi connectivity index (χ2v) is 5.40. The topological polar surface area (TPSA) is 42.2 Å². The number of rotatable bonds is 4. The van der Waals surface area contributed by atoms with Gasteiger partial charge in [0, 0.05) is 19.8 Å². The number of pyridine rings is 1. The summed E-state index contributed by atoms with van der Waals surface area (Å²) in [6.45, 7) is 2.80. The van der Waals surface area contributed by atoms with Crippen molar-refractivity contribution in [1.29, 1.82) is 0 Å². The highest BCUT2D eigenvalue weighted by molar-refractivity contribution is 7.80. The molecule has 0 amide bonds. The van der Waals surface area contributed by atoms with Crippen molar-refractivity contribution in [2.45, 2.75) is 13.5 Å². The first-order chi connectivity index (χ1) is 8.59. The highest BCUT2D eigenvalue weighted by atomic mass is 32.1. The lowest BCUT2D eigenvalue weighted by Gasteiger charge is -2.21. The van der Waals surface area contributed by atoms with E-state index in [4.69, 9.17) is 18.0 Å². The molecule has 0 saturated carbocycles. The molecule has 0 bridgehead atoms. The molecule has 0 unspecified atom stereocenters. The van der Waals surface area contributed by atoms with E-state index < -0.39 is 0 Å². The van der Waals surface area contributed by atoms with Gasteiger partial charge in [0.05, 0.1) is 5.56 Å². The van der Waals surface area contributed by atoms with Crippen LogP contribution in [0.3, 0.4) is 0 Å². The summed E-state index contributed by atoms with van der Waals surface area (Å²) in [5.74, 6) is 0.841. The van der Waals surface area contributed by atoms with Gasteiger partial charge in [-0.1, -0.05) is 12.2 Å². The minimum absolute atomic E-state index is 0.396. The normalized spacial score (nSPS) is 10.3. The largest absolute Gasteiger partial charge is 0.389 e. The maximum absolute atomic E-state index is 5.79. The molecule has 18 heavy (non-hydrogen) atoms. The van der Waals surface area contributed by atoms with Crippen molar-refractivity contribution < 1.29 is 0 Å². The number of hydrogen-bond donors (Lipinski definition) is 1. The standard InChI is InChI=1S/C13H15N3S2/c1-9-3-5-15-13(11(9)12(14)17)16(2)7-10-4-6-18-8-10/h3-6,8H,7H2,1-2H3,(H2,14,17). The molecule has 0 saturated heterocycles. The molecule has 3 nitrogen and oxygen atoms in total. The molecule has 2 aromatic heterocycles. The molecule has 0 aromatic carbocycles. The number of aryl methyl sites for hydroxylation is 1. The summed E-state index contributed by atoms with van der Waals surface area (Å²) >= 11 is 6.81. The van der Waals surface area contributed by atoms with Gasteiger partial charge < -0.3 is 10.6 Å². The van der Waals surface area contributed by atoms with Gasteiger partial charge in [-0.05, 0) is 40.9 Å². The molecular weight excluding hydrogens is 262 g/mol. The molecule has 0 aliphatic carbocycles. The molecule has 0 radical (unpaired) electrons. The lowest BCUT2D eigenvalue weighted by molar-refractivity contribution is 0.898. The van der Waals surface area contributed by atoms with Crippen molar-refractivity contribution in [1.82, 2.24) is 4.98 Å². The summed E-state index contributed by atoms with van der Waals surface area (Å²) < 4.78 is 0. The highest BCUT2D eigenvalue weighted by Crippen LogP contribution is 2.22. The third-order valence-electron chi connectivity index (χ3n) is 2.75. The van der Waals surface area contributed by atoms with Crippen LogP contribution in [0.4, 0.5) is 5.82 Å². The van der Waals surface area contributed by atoms with Crippen LogP contribution in [0.25, 0.3) is 0 Å². The molecule has 2 heterocycles. The number of nitrogens with two attached hydrogens (primary N) is 1. The monoisotopic (exact) mass is 277 g/mol. The first kappa shape index (κ1) is 13.0. The van der Waals surface area contributed by atoms with Crippen LogP contribution >= 0.6 is 23.6 Å². The van der Waals surface area contributed by atoms with Crippen LogP contribution < -0.4 is 10.6 Å². The van der Waals surface area contributed by atoms with E-state index >= 15 is 0 Å². The van der Waals surface area contributed by atoms with E-state index in [0.29, 0.717) is 4.99 Å². The first-order valence-corrected chi connectivity index (χ1v) is 6.92. The molecule has 2 rings (SSSR count). The zero-order valence-corrected chi connectivity index (χ0v) is 12.0. The molecular formula is C13H15N3S2. The fourth-order valence-corrected chi connectivity index (χ4v) is 2.78. The first-order valence-electron chi connectivity index (χ1n) is 5.57.